The van der Waals surface area contributed by atoms with Gasteiger partial charge in [0.05, 0.1) is 17.4 Å². The molecular formula is C18H21N5O2. The second-order valence-electron chi connectivity index (χ2n) is 6.48. The van der Waals surface area contributed by atoms with Gasteiger partial charge in [0.25, 0.3) is 5.91 Å². The van der Waals surface area contributed by atoms with Gasteiger partial charge in [0.15, 0.2) is 0 Å². The molecule has 1 amide bonds. The number of carbonyl (C=O) groups is 1. The smallest absolute Gasteiger partial charge is 0.276 e. The monoisotopic (exact) mass is 339 g/mol. The van der Waals surface area contributed by atoms with Gasteiger partial charge >= 0.3 is 0 Å². The van der Waals surface area contributed by atoms with Crippen LogP contribution in [-0.4, -0.2) is 41.2 Å². The van der Waals surface area contributed by atoms with E-state index in [2.05, 4.69) is 20.6 Å². The average Bonchev–Trinajstić information content (AvgIpc) is 3.17. The van der Waals surface area contributed by atoms with Crippen molar-refractivity contribution < 1.29 is 9.53 Å². The Labute approximate surface area is 145 Å². The summed E-state index contributed by atoms with van der Waals surface area (Å²) in [5.74, 6) is 0.914. The Morgan fingerprint density at radius 1 is 1.40 bits per heavy atom. The fourth-order valence-corrected chi connectivity index (χ4v) is 3.13. The molecule has 0 aliphatic carbocycles. The van der Waals surface area contributed by atoms with Gasteiger partial charge in [-0.25, -0.2) is 9.98 Å². The molecule has 2 aromatic rings. The van der Waals surface area contributed by atoms with Crippen LogP contribution in [0.25, 0.3) is 17.1 Å². The molecule has 0 spiro atoms. The Hall–Kier alpha value is -2.67. The molecule has 130 valence electrons. The molecule has 2 aliphatic rings. The first-order chi connectivity index (χ1) is 12.2. The maximum atomic E-state index is 12.1. The van der Waals surface area contributed by atoms with Crippen LogP contribution in [0, 0.1) is 5.92 Å². The van der Waals surface area contributed by atoms with E-state index in [1.807, 2.05) is 29.8 Å². The normalized spacial score (nSPS) is 20.1. The molecule has 25 heavy (non-hydrogen) atoms. The maximum Gasteiger partial charge on any atom is 0.276 e. The molecule has 0 unspecified atom stereocenters. The number of fused-ring (bicyclic) bond motifs is 1. The Morgan fingerprint density at radius 3 is 3.08 bits per heavy atom. The summed E-state index contributed by atoms with van der Waals surface area (Å²) in [7, 11) is 1.95. The third-order valence-electron chi connectivity index (χ3n) is 4.65. The van der Waals surface area contributed by atoms with Gasteiger partial charge in [-0.3, -0.25) is 10.1 Å². The second-order valence-corrected chi connectivity index (χ2v) is 6.48. The average molecular weight is 339 g/mol. The van der Waals surface area contributed by atoms with Gasteiger partial charge < -0.3 is 14.6 Å². The number of ether oxygens (including phenoxy) is 1. The quantitative estimate of drug-likeness (QED) is 0.829. The lowest BCUT2D eigenvalue weighted by molar-refractivity contribution is -0.115. The number of nitrogens with one attached hydrogen (secondary N) is 2. The van der Waals surface area contributed by atoms with Crippen LogP contribution < -0.4 is 10.6 Å². The number of aliphatic imine (C=N–C) groups is 1. The van der Waals surface area contributed by atoms with E-state index in [0.717, 1.165) is 49.2 Å². The molecule has 0 saturated carbocycles. The minimum Gasteiger partial charge on any atom is -0.381 e. The molecule has 7 nitrogen and oxygen atoms in total. The van der Waals surface area contributed by atoms with E-state index < -0.39 is 0 Å². The minimum absolute atomic E-state index is 0.181. The van der Waals surface area contributed by atoms with Crippen LogP contribution in [-0.2, 0) is 16.6 Å². The predicted octanol–water partition coefficient (Wildman–Crippen LogP) is 1.42. The summed E-state index contributed by atoms with van der Waals surface area (Å²) in [6.45, 7) is 2.43. The molecule has 1 aromatic heterocycles. The van der Waals surface area contributed by atoms with Crippen LogP contribution in [0.1, 0.15) is 18.4 Å². The van der Waals surface area contributed by atoms with E-state index in [0.29, 0.717) is 17.6 Å². The number of nitrogens with zero attached hydrogens (tertiary/aromatic N) is 3. The van der Waals surface area contributed by atoms with Gasteiger partial charge in [-0.2, -0.15) is 0 Å². The fraction of sp³-hybridized carbons (Fsp3) is 0.389. The lowest BCUT2D eigenvalue weighted by Crippen LogP contribution is -2.39. The number of carbonyl (C=O) groups excluding carboxylic acids is 1. The van der Waals surface area contributed by atoms with E-state index >= 15 is 0 Å². The minimum atomic E-state index is -0.181. The third kappa shape index (κ3) is 3.41. The third-order valence-corrected chi connectivity index (χ3v) is 4.65. The van der Waals surface area contributed by atoms with Crippen molar-refractivity contribution in [3.63, 3.8) is 0 Å². The summed E-state index contributed by atoms with van der Waals surface area (Å²) >= 11 is 0. The van der Waals surface area contributed by atoms with Crippen LogP contribution in [0.3, 0.4) is 0 Å². The number of hydrogen-bond acceptors (Lipinski definition) is 5. The van der Waals surface area contributed by atoms with Crippen molar-refractivity contribution in [2.75, 3.05) is 19.8 Å². The Bertz CT molecular complexity index is 861. The van der Waals surface area contributed by atoms with Crippen molar-refractivity contribution in [1.82, 2.24) is 20.2 Å². The van der Waals surface area contributed by atoms with E-state index in [9.17, 15) is 4.79 Å². The van der Waals surface area contributed by atoms with Crippen molar-refractivity contribution in [3.8, 4) is 0 Å². The van der Waals surface area contributed by atoms with Crippen molar-refractivity contribution in [1.29, 1.82) is 0 Å². The number of rotatable bonds is 3. The van der Waals surface area contributed by atoms with E-state index in [1.165, 1.54) is 0 Å². The predicted molar refractivity (Wildman–Crippen MR) is 95.8 cm³/mol. The summed E-state index contributed by atoms with van der Waals surface area (Å²) in [4.78, 5) is 20.8. The van der Waals surface area contributed by atoms with E-state index in [-0.39, 0.29) is 5.91 Å². The van der Waals surface area contributed by atoms with Gasteiger partial charge in [0.1, 0.15) is 5.70 Å². The molecule has 3 heterocycles. The summed E-state index contributed by atoms with van der Waals surface area (Å²) in [6.07, 6.45) is 5.66. The zero-order chi connectivity index (χ0) is 17.2. The Morgan fingerprint density at radius 2 is 2.24 bits per heavy atom. The second kappa shape index (κ2) is 6.68. The van der Waals surface area contributed by atoms with Gasteiger partial charge in [-0.05, 0) is 42.5 Å². The molecule has 0 radical (unpaired) electrons. The molecular weight excluding hydrogens is 318 g/mol. The van der Waals surface area contributed by atoms with Crippen LogP contribution in [0.2, 0.25) is 0 Å². The number of imidazole rings is 1. The van der Waals surface area contributed by atoms with Gasteiger partial charge in [-0.1, -0.05) is 6.07 Å². The molecule has 1 saturated heterocycles. The first-order valence-corrected chi connectivity index (χ1v) is 8.53. The fourth-order valence-electron chi connectivity index (χ4n) is 3.13. The summed E-state index contributed by atoms with van der Waals surface area (Å²) in [5.41, 5.74) is 3.30. The topological polar surface area (TPSA) is 80.5 Å². The molecule has 1 fully saturated rings. The largest absolute Gasteiger partial charge is 0.381 e. The number of aryl methyl sites for hydroxylation is 1. The summed E-state index contributed by atoms with van der Waals surface area (Å²) in [6, 6.07) is 5.90. The molecule has 0 atom stereocenters. The molecule has 1 aromatic carbocycles. The zero-order valence-corrected chi connectivity index (χ0v) is 14.2. The highest BCUT2D eigenvalue weighted by Gasteiger charge is 2.21. The number of benzene rings is 1. The lowest BCUT2D eigenvalue weighted by Gasteiger charge is -2.22. The number of hydrogen-bond donors (Lipinski definition) is 2. The highest BCUT2D eigenvalue weighted by Crippen LogP contribution is 2.18. The first-order valence-electron chi connectivity index (χ1n) is 8.53. The molecule has 2 aliphatic heterocycles. The SMILES string of the molecule is Cn1cnc2ccc(/C=C3\N=C(NCC4CCOCC4)NC3=O)cc21. The van der Waals surface area contributed by atoms with E-state index in [1.54, 1.807) is 12.4 Å². The zero-order valence-electron chi connectivity index (χ0n) is 14.2. The molecule has 0 bridgehead atoms. The maximum absolute atomic E-state index is 12.1. The van der Waals surface area contributed by atoms with Gasteiger partial charge in [-0.15, -0.1) is 0 Å². The highest BCUT2D eigenvalue weighted by molar-refractivity contribution is 6.13. The summed E-state index contributed by atoms with van der Waals surface area (Å²) in [5, 5.41) is 6.03. The van der Waals surface area contributed by atoms with Crippen molar-refractivity contribution in [2.24, 2.45) is 18.0 Å². The Balaban J connectivity index is 1.48. The van der Waals surface area contributed by atoms with Crippen molar-refractivity contribution >= 4 is 29.0 Å². The van der Waals surface area contributed by atoms with Gasteiger partial charge in [0, 0.05) is 26.8 Å². The van der Waals surface area contributed by atoms with Gasteiger partial charge in [0.2, 0.25) is 5.96 Å². The molecule has 2 N–H and O–H groups in total. The van der Waals surface area contributed by atoms with E-state index in [4.69, 9.17) is 4.74 Å². The van der Waals surface area contributed by atoms with Crippen LogP contribution in [0.4, 0.5) is 0 Å². The lowest BCUT2D eigenvalue weighted by atomic mass is 10.0. The summed E-state index contributed by atoms with van der Waals surface area (Å²) < 4.78 is 7.32. The molecule has 7 heteroatoms. The van der Waals surface area contributed by atoms with Crippen LogP contribution >= 0.6 is 0 Å². The van der Waals surface area contributed by atoms with Crippen molar-refractivity contribution in [3.05, 3.63) is 35.8 Å². The van der Waals surface area contributed by atoms with Crippen molar-refractivity contribution in [2.45, 2.75) is 12.8 Å². The molecule has 4 rings (SSSR count). The first kappa shape index (κ1) is 15.8. The highest BCUT2D eigenvalue weighted by atomic mass is 16.5. The Kier molecular flexibility index (Phi) is 4.23. The van der Waals surface area contributed by atoms with Crippen LogP contribution in [0.5, 0.6) is 0 Å². The number of aromatic nitrogens is 2. The number of guanidine groups is 1. The number of amides is 1. The van der Waals surface area contributed by atoms with Crippen LogP contribution in [0.15, 0.2) is 35.2 Å². The standard InChI is InChI=1S/C18H21N5O2/c1-23-11-20-14-3-2-13(9-16(14)23)8-15-17(24)22-18(21-15)19-10-12-4-6-25-7-5-12/h2-3,8-9,11-12H,4-7,10H2,1H3,(H2,19,21,22,24)/b15-8-.